The van der Waals surface area contributed by atoms with Crippen LogP contribution in [0.1, 0.15) is 75.4 Å². The van der Waals surface area contributed by atoms with Crippen molar-refractivity contribution in [3.63, 3.8) is 0 Å². The first-order valence-electron chi connectivity index (χ1n) is 11.0. The molecule has 4 rings (SSSR count). The molecule has 0 N–H and O–H groups in total. The summed E-state index contributed by atoms with van der Waals surface area (Å²) in [7, 11) is -3.22. The third kappa shape index (κ3) is 4.06. The second-order valence-electron chi connectivity index (χ2n) is 8.85. The van der Waals surface area contributed by atoms with Crippen LogP contribution in [0.3, 0.4) is 0 Å². The summed E-state index contributed by atoms with van der Waals surface area (Å²) >= 11 is 0. The Balaban J connectivity index is 1.54. The average molecular weight is 421 g/mol. The summed E-state index contributed by atoms with van der Waals surface area (Å²) in [6.45, 7) is 7.50. The van der Waals surface area contributed by atoms with Crippen molar-refractivity contribution in [2.75, 3.05) is 24.5 Å². The van der Waals surface area contributed by atoms with Gasteiger partial charge in [-0.25, -0.2) is 22.7 Å². The minimum atomic E-state index is -3.22. The molecule has 160 valence electrons. The van der Waals surface area contributed by atoms with Gasteiger partial charge in [0.25, 0.3) is 0 Å². The molecule has 0 bridgehead atoms. The predicted octanol–water partition coefficient (Wildman–Crippen LogP) is 2.78. The summed E-state index contributed by atoms with van der Waals surface area (Å²) in [4.78, 5) is 24.1. The molecule has 1 atom stereocenters. The maximum absolute atomic E-state index is 12.6. The number of carbonyl (C=O) groups excluding carboxylic acids is 1. The number of rotatable bonds is 6. The van der Waals surface area contributed by atoms with Gasteiger partial charge in [-0.15, -0.1) is 0 Å². The minimum Gasteiger partial charge on any atom is -0.296 e. The molecule has 3 aliphatic rings. The van der Waals surface area contributed by atoms with E-state index in [1.165, 1.54) is 12.8 Å². The van der Waals surface area contributed by atoms with Crippen LogP contribution >= 0.6 is 0 Å². The standard InChI is InChI=1S/C21H32N4O3S/c1-4-14(2)29(27,28)24-11-9-17(10-12-24)20-22-15(3)18-7-8-19(26)25(21(18)23-20)13-16-5-6-16/h14,16-17H,4-13H2,1-3H3/t14-/m0/s1. The number of nitrogens with zero attached hydrogens (tertiary/aromatic N) is 4. The topological polar surface area (TPSA) is 83.5 Å². The lowest BCUT2D eigenvalue weighted by Crippen LogP contribution is -2.42. The van der Waals surface area contributed by atoms with Crippen LogP contribution in [-0.2, 0) is 21.2 Å². The highest BCUT2D eigenvalue weighted by atomic mass is 32.2. The van der Waals surface area contributed by atoms with Gasteiger partial charge in [-0.2, -0.15) is 0 Å². The van der Waals surface area contributed by atoms with Gasteiger partial charge in [-0.3, -0.25) is 9.69 Å². The number of aromatic nitrogens is 2. The maximum Gasteiger partial charge on any atom is 0.228 e. The summed E-state index contributed by atoms with van der Waals surface area (Å²) < 4.78 is 26.9. The number of piperidine rings is 1. The van der Waals surface area contributed by atoms with Gasteiger partial charge in [-0.1, -0.05) is 6.92 Å². The first-order valence-corrected chi connectivity index (χ1v) is 12.5. The molecule has 2 fully saturated rings. The van der Waals surface area contributed by atoms with Crippen molar-refractivity contribution in [2.45, 2.75) is 76.9 Å². The van der Waals surface area contributed by atoms with Crippen LogP contribution in [0.5, 0.6) is 0 Å². The summed E-state index contributed by atoms with van der Waals surface area (Å²) in [5.74, 6) is 2.50. The molecule has 1 amide bonds. The van der Waals surface area contributed by atoms with E-state index in [0.29, 0.717) is 38.3 Å². The SMILES string of the molecule is CC[C@H](C)S(=O)(=O)N1CCC(c2nc(C)c3c(n2)N(CC2CC2)C(=O)CC3)CC1. The Hall–Kier alpha value is -1.54. The van der Waals surface area contributed by atoms with Crippen LogP contribution in [-0.4, -0.2) is 53.5 Å². The van der Waals surface area contributed by atoms with E-state index < -0.39 is 10.0 Å². The van der Waals surface area contributed by atoms with Crippen molar-refractivity contribution in [3.8, 4) is 0 Å². The molecule has 1 saturated carbocycles. The Morgan fingerprint density at radius 2 is 1.79 bits per heavy atom. The highest BCUT2D eigenvalue weighted by Gasteiger charge is 2.36. The number of carbonyl (C=O) groups is 1. The van der Waals surface area contributed by atoms with Crippen molar-refractivity contribution in [1.82, 2.24) is 14.3 Å². The first kappa shape index (κ1) is 20.7. The lowest BCUT2D eigenvalue weighted by Gasteiger charge is -2.34. The number of aryl methyl sites for hydroxylation is 1. The average Bonchev–Trinajstić information content (AvgIpc) is 3.53. The zero-order chi connectivity index (χ0) is 20.8. The fourth-order valence-electron chi connectivity index (χ4n) is 4.37. The fourth-order valence-corrected chi connectivity index (χ4v) is 6.02. The Morgan fingerprint density at radius 1 is 1.10 bits per heavy atom. The molecule has 1 aliphatic carbocycles. The smallest absolute Gasteiger partial charge is 0.228 e. The van der Waals surface area contributed by atoms with Gasteiger partial charge in [-0.05, 0) is 58.3 Å². The van der Waals surface area contributed by atoms with E-state index >= 15 is 0 Å². The second-order valence-corrected chi connectivity index (χ2v) is 11.2. The molecular weight excluding hydrogens is 388 g/mol. The molecule has 1 saturated heterocycles. The molecule has 0 spiro atoms. The van der Waals surface area contributed by atoms with Crippen LogP contribution < -0.4 is 4.90 Å². The van der Waals surface area contributed by atoms with Crippen LogP contribution in [0.25, 0.3) is 0 Å². The van der Waals surface area contributed by atoms with Crippen molar-refractivity contribution < 1.29 is 13.2 Å². The van der Waals surface area contributed by atoms with Crippen molar-refractivity contribution in [1.29, 1.82) is 0 Å². The van der Waals surface area contributed by atoms with E-state index in [4.69, 9.17) is 9.97 Å². The van der Waals surface area contributed by atoms with Crippen molar-refractivity contribution in [2.24, 2.45) is 5.92 Å². The van der Waals surface area contributed by atoms with Gasteiger partial charge in [0.15, 0.2) is 0 Å². The van der Waals surface area contributed by atoms with E-state index in [2.05, 4.69) is 0 Å². The molecule has 3 heterocycles. The monoisotopic (exact) mass is 420 g/mol. The van der Waals surface area contributed by atoms with E-state index in [0.717, 1.165) is 42.3 Å². The molecule has 0 aromatic carbocycles. The van der Waals surface area contributed by atoms with E-state index in [1.54, 1.807) is 11.2 Å². The maximum atomic E-state index is 12.6. The summed E-state index contributed by atoms with van der Waals surface area (Å²) in [6, 6.07) is 0. The van der Waals surface area contributed by atoms with Crippen LogP contribution in [0.4, 0.5) is 5.82 Å². The number of anilines is 1. The van der Waals surface area contributed by atoms with Crippen LogP contribution in [0.2, 0.25) is 0 Å². The highest BCUT2D eigenvalue weighted by molar-refractivity contribution is 7.89. The highest BCUT2D eigenvalue weighted by Crippen LogP contribution is 2.36. The van der Waals surface area contributed by atoms with Gasteiger partial charge < -0.3 is 0 Å². The second kappa shape index (κ2) is 7.95. The molecule has 29 heavy (non-hydrogen) atoms. The first-order chi connectivity index (χ1) is 13.8. The molecule has 0 unspecified atom stereocenters. The van der Waals surface area contributed by atoms with Gasteiger partial charge in [0.1, 0.15) is 11.6 Å². The number of hydrogen-bond donors (Lipinski definition) is 0. The third-order valence-corrected chi connectivity index (χ3v) is 9.19. The fraction of sp³-hybridized carbons (Fsp3) is 0.762. The van der Waals surface area contributed by atoms with Gasteiger partial charge >= 0.3 is 0 Å². The lowest BCUT2D eigenvalue weighted by atomic mass is 9.96. The van der Waals surface area contributed by atoms with E-state index in [-0.39, 0.29) is 17.1 Å². The third-order valence-electron chi connectivity index (χ3n) is 6.75. The van der Waals surface area contributed by atoms with Crippen molar-refractivity contribution in [3.05, 3.63) is 17.1 Å². The Bertz CT molecular complexity index is 889. The van der Waals surface area contributed by atoms with Gasteiger partial charge in [0, 0.05) is 43.2 Å². The minimum absolute atomic E-state index is 0.141. The molecule has 1 aromatic heterocycles. The van der Waals surface area contributed by atoms with Gasteiger partial charge in [0.2, 0.25) is 15.9 Å². The number of hydrogen-bond acceptors (Lipinski definition) is 5. The van der Waals surface area contributed by atoms with E-state index in [1.807, 2.05) is 18.7 Å². The predicted molar refractivity (Wildman–Crippen MR) is 112 cm³/mol. The zero-order valence-electron chi connectivity index (χ0n) is 17.7. The van der Waals surface area contributed by atoms with Crippen LogP contribution in [0, 0.1) is 12.8 Å². The summed E-state index contributed by atoms with van der Waals surface area (Å²) in [5, 5.41) is -0.344. The molecule has 8 heteroatoms. The largest absolute Gasteiger partial charge is 0.296 e. The number of sulfonamides is 1. The molecule has 1 aromatic rings. The lowest BCUT2D eigenvalue weighted by molar-refractivity contribution is -0.119. The normalized spacial score (nSPS) is 22.6. The molecule has 2 aliphatic heterocycles. The Morgan fingerprint density at radius 3 is 2.41 bits per heavy atom. The van der Waals surface area contributed by atoms with E-state index in [9.17, 15) is 13.2 Å². The molecular formula is C21H32N4O3S. The quantitative estimate of drug-likeness (QED) is 0.707. The number of fused-ring (bicyclic) bond motifs is 1. The number of amides is 1. The summed E-state index contributed by atoms with van der Waals surface area (Å²) in [6.07, 6.45) is 5.72. The molecule has 0 radical (unpaired) electrons. The Labute approximate surface area is 173 Å². The molecule has 7 nitrogen and oxygen atoms in total. The summed E-state index contributed by atoms with van der Waals surface area (Å²) in [5.41, 5.74) is 2.07. The van der Waals surface area contributed by atoms with Crippen molar-refractivity contribution >= 4 is 21.7 Å². The van der Waals surface area contributed by atoms with Gasteiger partial charge in [0.05, 0.1) is 5.25 Å². The Kier molecular flexibility index (Phi) is 5.68. The van der Waals surface area contributed by atoms with Crippen LogP contribution in [0.15, 0.2) is 0 Å². The zero-order valence-corrected chi connectivity index (χ0v) is 18.5.